The van der Waals surface area contributed by atoms with Crippen LogP contribution in [-0.2, 0) is 19.5 Å². The summed E-state index contributed by atoms with van der Waals surface area (Å²) in [5, 5.41) is 3.42. The Morgan fingerprint density at radius 3 is 2.38 bits per heavy atom. The van der Waals surface area contributed by atoms with Gasteiger partial charge in [0.25, 0.3) is 0 Å². The zero-order chi connectivity index (χ0) is 15.0. The van der Waals surface area contributed by atoms with Gasteiger partial charge in [0.2, 0.25) is 0 Å². The molecule has 0 unspecified atom stereocenters. The Balaban J connectivity index is 1.77. The minimum atomic E-state index is 0.447. The van der Waals surface area contributed by atoms with Crippen LogP contribution in [0.25, 0.3) is 0 Å². The lowest BCUT2D eigenvalue weighted by Crippen LogP contribution is -2.26. The molecule has 1 aliphatic carbocycles. The molecule has 0 aromatic carbocycles. The van der Waals surface area contributed by atoms with E-state index in [0.717, 1.165) is 31.3 Å². The van der Waals surface area contributed by atoms with Crippen molar-refractivity contribution in [1.29, 1.82) is 0 Å². The lowest BCUT2D eigenvalue weighted by molar-refractivity contribution is 0.167. The van der Waals surface area contributed by atoms with Gasteiger partial charge < -0.3 is 5.32 Å². The Morgan fingerprint density at radius 1 is 1.05 bits per heavy atom. The molecule has 1 N–H and O–H groups in total. The predicted octanol–water partition coefficient (Wildman–Crippen LogP) is 3.96. The van der Waals surface area contributed by atoms with E-state index in [0.29, 0.717) is 11.3 Å². The minimum Gasteiger partial charge on any atom is -0.307 e. The summed E-state index contributed by atoms with van der Waals surface area (Å²) >= 11 is 0. The first-order valence-corrected chi connectivity index (χ1v) is 8.58. The molecule has 1 aromatic heterocycles. The Morgan fingerprint density at radius 2 is 1.76 bits per heavy atom. The summed E-state index contributed by atoms with van der Waals surface area (Å²) in [6, 6.07) is 0. The van der Waals surface area contributed by atoms with Gasteiger partial charge in [0.1, 0.15) is 5.82 Å². The molecule has 0 amide bonds. The van der Waals surface area contributed by atoms with Gasteiger partial charge in [0.05, 0.1) is 5.69 Å². The quantitative estimate of drug-likeness (QED) is 0.894. The summed E-state index contributed by atoms with van der Waals surface area (Å²) in [7, 11) is 0. The van der Waals surface area contributed by atoms with E-state index in [1.54, 1.807) is 0 Å². The highest BCUT2D eigenvalue weighted by Gasteiger charge is 2.32. The van der Waals surface area contributed by atoms with Crippen LogP contribution in [0, 0.1) is 11.3 Å². The zero-order valence-corrected chi connectivity index (χ0v) is 14.0. The van der Waals surface area contributed by atoms with E-state index < -0.39 is 0 Å². The van der Waals surface area contributed by atoms with Gasteiger partial charge in [-0.3, -0.25) is 0 Å². The monoisotopic (exact) mass is 287 g/mol. The van der Waals surface area contributed by atoms with Crippen LogP contribution in [0.2, 0.25) is 0 Å². The number of nitrogens with one attached hydrogen (secondary N) is 1. The van der Waals surface area contributed by atoms with Gasteiger partial charge in [-0.1, -0.05) is 27.7 Å². The average Bonchev–Trinajstić information content (AvgIpc) is 2.93. The molecule has 3 heteroatoms. The van der Waals surface area contributed by atoms with Crippen molar-refractivity contribution in [3.8, 4) is 0 Å². The molecular formula is C18H29N3. The number of hydrogen-bond acceptors (Lipinski definition) is 3. The van der Waals surface area contributed by atoms with Gasteiger partial charge in [-0.2, -0.15) is 0 Å². The molecule has 0 radical (unpaired) electrons. The molecule has 3 rings (SSSR count). The molecule has 1 aliphatic heterocycles. The van der Waals surface area contributed by atoms with Gasteiger partial charge in [-0.25, -0.2) is 9.97 Å². The fourth-order valence-corrected chi connectivity index (χ4v) is 3.95. The molecule has 1 saturated carbocycles. The van der Waals surface area contributed by atoms with E-state index in [1.165, 1.54) is 42.6 Å². The first-order chi connectivity index (χ1) is 9.99. The zero-order valence-electron chi connectivity index (χ0n) is 14.0. The molecule has 0 bridgehead atoms. The molecule has 3 nitrogen and oxygen atoms in total. The predicted molar refractivity (Wildman–Crippen MR) is 86.1 cm³/mol. The standard InChI is InChI=1S/C18H29N3/c1-5-15-14-10-19-11-16(14)21-17(20-15)12-6-8-13(9-7-12)18(2,3)4/h12-13,19H,5-11H2,1-4H3. The smallest absolute Gasteiger partial charge is 0.132 e. The van der Waals surface area contributed by atoms with Gasteiger partial charge in [-0.05, 0) is 43.4 Å². The van der Waals surface area contributed by atoms with E-state index in [1.807, 2.05) is 0 Å². The summed E-state index contributed by atoms with van der Waals surface area (Å²) in [6.45, 7) is 11.2. The Bertz CT molecular complexity index is 508. The van der Waals surface area contributed by atoms with Crippen molar-refractivity contribution >= 4 is 0 Å². The van der Waals surface area contributed by atoms with Crippen LogP contribution in [0.3, 0.4) is 0 Å². The fourth-order valence-electron chi connectivity index (χ4n) is 3.95. The van der Waals surface area contributed by atoms with Crippen LogP contribution in [0.4, 0.5) is 0 Å². The largest absolute Gasteiger partial charge is 0.307 e. The molecule has 2 aliphatic rings. The van der Waals surface area contributed by atoms with Gasteiger partial charge in [0.15, 0.2) is 0 Å². The molecule has 0 saturated heterocycles. The maximum atomic E-state index is 4.92. The molecule has 1 fully saturated rings. The molecule has 0 spiro atoms. The minimum absolute atomic E-state index is 0.447. The van der Waals surface area contributed by atoms with E-state index in [2.05, 4.69) is 33.0 Å². The second kappa shape index (κ2) is 5.68. The van der Waals surface area contributed by atoms with Crippen molar-refractivity contribution in [3.63, 3.8) is 0 Å². The number of rotatable bonds is 2. The second-order valence-electron chi connectivity index (χ2n) is 7.83. The molecule has 0 atom stereocenters. The van der Waals surface area contributed by atoms with E-state index in [4.69, 9.17) is 9.97 Å². The first-order valence-electron chi connectivity index (χ1n) is 8.58. The van der Waals surface area contributed by atoms with Crippen molar-refractivity contribution in [2.45, 2.75) is 78.8 Å². The highest BCUT2D eigenvalue weighted by Crippen LogP contribution is 2.42. The Kier molecular flexibility index (Phi) is 4.04. The van der Waals surface area contributed by atoms with Crippen LogP contribution in [0.1, 0.15) is 82.1 Å². The van der Waals surface area contributed by atoms with Crippen LogP contribution >= 0.6 is 0 Å². The first kappa shape index (κ1) is 15.0. The summed E-state index contributed by atoms with van der Waals surface area (Å²) in [4.78, 5) is 9.82. The van der Waals surface area contributed by atoms with Crippen LogP contribution < -0.4 is 5.32 Å². The highest BCUT2D eigenvalue weighted by molar-refractivity contribution is 5.30. The molecular weight excluding hydrogens is 258 g/mol. The normalized spacial score (nSPS) is 25.9. The van der Waals surface area contributed by atoms with E-state index >= 15 is 0 Å². The molecule has 116 valence electrons. The number of nitrogens with zero attached hydrogens (tertiary/aromatic N) is 2. The molecule has 1 aromatic rings. The van der Waals surface area contributed by atoms with Crippen LogP contribution in [0.15, 0.2) is 0 Å². The number of hydrogen-bond donors (Lipinski definition) is 1. The van der Waals surface area contributed by atoms with Crippen LogP contribution in [0.5, 0.6) is 0 Å². The van der Waals surface area contributed by atoms with E-state index in [9.17, 15) is 0 Å². The Labute approximate surface area is 129 Å². The summed E-state index contributed by atoms with van der Waals surface area (Å²) in [6.07, 6.45) is 6.20. The summed E-state index contributed by atoms with van der Waals surface area (Å²) < 4.78 is 0. The van der Waals surface area contributed by atoms with Crippen molar-refractivity contribution in [1.82, 2.24) is 15.3 Å². The summed E-state index contributed by atoms with van der Waals surface area (Å²) in [5.74, 6) is 2.57. The molecule has 21 heavy (non-hydrogen) atoms. The van der Waals surface area contributed by atoms with Gasteiger partial charge in [-0.15, -0.1) is 0 Å². The number of aromatic nitrogens is 2. The van der Waals surface area contributed by atoms with Crippen LogP contribution in [-0.4, -0.2) is 9.97 Å². The fraction of sp³-hybridized carbons (Fsp3) is 0.778. The summed E-state index contributed by atoms with van der Waals surface area (Å²) in [5.41, 5.74) is 4.35. The van der Waals surface area contributed by atoms with Gasteiger partial charge in [0, 0.05) is 30.3 Å². The molecule has 2 heterocycles. The second-order valence-corrected chi connectivity index (χ2v) is 7.83. The highest BCUT2D eigenvalue weighted by atomic mass is 15.0. The maximum Gasteiger partial charge on any atom is 0.132 e. The van der Waals surface area contributed by atoms with Crippen molar-refractivity contribution in [2.24, 2.45) is 11.3 Å². The SMILES string of the molecule is CCc1nc(C2CCC(C(C)(C)C)CC2)nc2c1CNC2. The topological polar surface area (TPSA) is 37.8 Å². The Hall–Kier alpha value is -0.960. The lowest BCUT2D eigenvalue weighted by atomic mass is 9.69. The third-order valence-corrected chi connectivity index (χ3v) is 5.44. The lowest BCUT2D eigenvalue weighted by Gasteiger charge is -2.36. The van der Waals surface area contributed by atoms with Gasteiger partial charge >= 0.3 is 0 Å². The maximum absolute atomic E-state index is 4.92. The van der Waals surface area contributed by atoms with Crippen molar-refractivity contribution in [2.75, 3.05) is 0 Å². The third-order valence-electron chi connectivity index (χ3n) is 5.44. The number of fused-ring (bicyclic) bond motifs is 1. The van der Waals surface area contributed by atoms with Crippen molar-refractivity contribution < 1.29 is 0 Å². The van der Waals surface area contributed by atoms with E-state index in [-0.39, 0.29) is 0 Å². The average molecular weight is 287 g/mol. The van der Waals surface area contributed by atoms with Crippen molar-refractivity contribution in [3.05, 3.63) is 22.8 Å². The number of aryl methyl sites for hydroxylation is 1. The third kappa shape index (κ3) is 2.98.